The van der Waals surface area contributed by atoms with E-state index in [9.17, 15) is 4.39 Å². The van der Waals surface area contributed by atoms with Crippen LogP contribution in [0.15, 0.2) is 12.1 Å². The summed E-state index contributed by atoms with van der Waals surface area (Å²) < 4.78 is 24.2. The zero-order valence-electron chi connectivity index (χ0n) is 12.0. The molecule has 3 N–H and O–H groups in total. The first-order valence-electron chi connectivity index (χ1n) is 7.19. The van der Waals surface area contributed by atoms with E-state index in [-0.39, 0.29) is 5.75 Å². The molecule has 1 aromatic rings. The van der Waals surface area contributed by atoms with Crippen LogP contribution in [0.25, 0.3) is 0 Å². The zero-order valence-corrected chi connectivity index (χ0v) is 12.0. The molecule has 0 saturated heterocycles. The summed E-state index contributed by atoms with van der Waals surface area (Å²) in [4.78, 5) is 0. The highest BCUT2D eigenvalue weighted by molar-refractivity contribution is 5.68. The van der Waals surface area contributed by atoms with E-state index in [1.807, 2.05) is 0 Å². The van der Waals surface area contributed by atoms with Gasteiger partial charge in [-0.25, -0.2) is 4.39 Å². The fourth-order valence-electron chi connectivity index (χ4n) is 2.52. The van der Waals surface area contributed by atoms with Crippen molar-refractivity contribution in [1.82, 2.24) is 0 Å². The molecule has 0 radical (unpaired) electrons. The Morgan fingerprint density at radius 2 is 2.05 bits per heavy atom. The number of nitrogens with two attached hydrogens (primary N) is 1. The number of ether oxygens (including phenoxy) is 2. The molecule has 0 aromatic heterocycles. The van der Waals surface area contributed by atoms with E-state index in [0.29, 0.717) is 30.6 Å². The summed E-state index contributed by atoms with van der Waals surface area (Å²) in [5.74, 6) is -0.260. The number of hydrogen-bond donors (Lipinski definition) is 2. The number of nitrogen functional groups attached to an aromatic ring is 1. The summed E-state index contributed by atoms with van der Waals surface area (Å²) in [5.41, 5.74) is 6.82. The minimum Gasteiger partial charge on any atom is -0.494 e. The molecule has 0 heterocycles. The first-order chi connectivity index (χ1) is 9.70. The quantitative estimate of drug-likeness (QED) is 0.621. The summed E-state index contributed by atoms with van der Waals surface area (Å²) in [6, 6.07) is 2.84. The fourth-order valence-corrected chi connectivity index (χ4v) is 2.52. The molecule has 0 aliphatic heterocycles. The van der Waals surface area contributed by atoms with Crippen LogP contribution in [0, 0.1) is 5.82 Å². The van der Waals surface area contributed by atoms with Gasteiger partial charge in [-0.1, -0.05) is 19.3 Å². The minimum atomic E-state index is -0.450. The Morgan fingerprint density at radius 3 is 2.75 bits per heavy atom. The molecule has 4 nitrogen and oxygen atoms in total. The van der Waals surface area contributed by atoms with Gasteiger partial charge in [-0.15, -0.1) is 0 Å². The maximum Gasteiger partial charge on any atom is 0.167 e. The van der Waals surface area contributed by atoms with Crippen LogP contribution >= 0.6 is 0 Å². The minimum absolute atomic E-state index is 0.190. The van der Waals surface area contributed by atoms with E-state index in [1.54, 1.807) is 6.07 Å². The Bertz CT molecular complexity index is 434. The number of anilines is 2. The first kappa shape index (κ1) is 14.9. The largest absolute Gasteiger partial charge is 0.494 e. The number of rotatable bonds is 6. The molecule has 1 aromatic carbocycles. The maximum absolute atomic E-state index is 13.4. The molecular weight excluding hydrogens is 259 g/mol. The number of methoxy groups -OCH3 is 1. The average molecular weight is 282 g/mol. The Morgan fingerprint density at radius 1 is 1.30 bits per heavy atom. The van der Waals surface area contributed by atoms with Gasteiger partial charge in [-0.3, -0.25) is 0 Å². The van der Waals surface area contributed by atoms with E-state index in [2.05, 4.69) is 5.32 Å². The molecule has 20 heavy (non-hydrogen) atoms. The van der Waals surface area contributed by atoms with Crippen LogP contribution in [-0.4, -0.2) is 26.4 Å². The van der Waals surface area contributed by atoms with Crippen molar-refractivity contribution in [1.29, 1.82) is 0 Å². The summed E-state index contributed by atoms with van der Waals surface area (Å²) in [7, 11) is 1.44. The molecule has 1 aliphatic carbocycles. The van der Waals surface area contributed by atoms with Crippen molar-refractivity contribution in [2.45, 2.75) is 38.2 Å². The van der Waals surface area contributed by atoms with Crippen molar-refractivity contribution in [2.75, 3.05) is 31.3 Å². The van der Waals surface area contributed by atoms with Crippen molar-refractivity contribution >= 4 is 11.4 Å². The SMILES string of the molecule is COc1cc(NCCOC2CCCCC2)c(N)cc1F. The standard InChI is InChI=1S/C15H23FN2O2/c1-19-15-10-14(13(17)9-12(15)16)18-7-8-20-11-5-3-2-4-6-11/h9-11,18H,2-8,17H2,1H3. The molecule has 0 bridgehead atoms. The molecular formula is C15H23FN2O2. The van der Waals surface area contributed by atoms with Crippen molar-refractivity contribution in [3.63, 3.8) is 0 Å². The van der Waals surface area contributed by atoms with Crippen LogP contribution in [0.5, 0.6) is 5.75 Å². The second-order valence-corrected chi connectivity index (χ2v) is 5.13. The topological polar surface area (TPSA) is 56.5 Å². The Balaban J connectivity index is 1.78. The molecule has 1 aliphatic rings. The van der Waals surface area contributed by atoms with Crippen molar-refractivity contribution < 1.29 is 13.9 Å². The van der Waals surface area contributed by atoms with Crippen LogP contribution in [-0.2, 0) is 4.74 Å². The summed E-state index contributed by atoms with van der Waals surface area (Å²) in [6.07, 6.45) is 6.56. The molecule has 0 spiro atoms. The van der Waals surface area contributed by atoms with Crippen molar-refractivity contribution in [3.8, 4) is 5.75 Å². The fraction of sp³-hybridized carbons (Fsp3) is 0.600. The molecule has 2 rings (SSSR count). The third-order valence-electron chi connectivity index (χ3n) is 3.65. The van der Waals surface area contributed by atoms with Gasteiger partial charge in [0.1, 0.15) is 0 Å². The Labute approximate surface area is 119 Å². The van der Waals surface area contributed by atoms with E-state index in [0.717, 1.165) is 12.8 Å². The van der Waals surface area contributed by atoms with Crippen LogP contribution in [0.1, 0.15) is 32.1 Å². The Hall–Kier alpha value is -1.49. The lowest BCUT2D eigenvalue weighted by Gasteiger charge is -2.22. The second kappa shape index (κ2) is 7.33. The Kier molecular flexibility index (Phi) is 5.47. The smallest absolute Gasteiger partial charge is 0.167 e. The van der Waals surface area contributed by atoms with Crippen molar-refractivity contribution in [2.24, 2.45) is 0 Å². The van der Waals surface area contributed by atoms with E-state index >= 15 is 0 Å². The van der Waals surface area contributed by atoms with E-state index < -0.39 is 5.82 Å². The van der Waals surface area contributed by atoms with Gasteiger partial charge in [-0.05, 0) is 12.8 Å². The predicted octanol–water partition coefficient (Wildman–Crippen LogP) is 3.18. The number of benzene rings is 1. The predicted molar refractivity (Wildman–Crippen MR) is 78.7 cm³/mol. The molecule has 0 amide bonds. The normalized spacial score (nSPS) is 16.1. The van der Waals surface area contributed by atoms with Gasteiger partial charge in [0.25, 0.3) is 0 Å². The second-order valence-electron chi connectivity index (χ2n) is 5.13. The van der Waals surface area contributed by atoms with Crippen LogP contribution in [0.3, 0.4) is 0 Å². The van der Waals surface area contributed by atoms with Crippen LogP contribution < -0.4 is 15.8 Å². The molecule has 1 fully saturated rings. The third-order valence-corrected chi connectivity index (χ3v) is 3.65. The number of hydrogen-bond acceptors (Lipinski definition) is 4. The van der Waals surface area contributed by atoms with E-state index in [1.165, 1.54) is 32.4 Å². The molecule has 1 saturated carbocycles. The van der Waals surface area contributed by atoms with Crippen LogP contribution in [0.4, 0.5) is 15.8 Å². The van der Waals surface area contributed by atoms with Crippen LogP contribution in [0.2, 0.25) is 0 Å². The van der Waals surface area contributed by atoms with Gasteiger partial charge >= 0.3 is 0 Å². The van der Waals surface area contributed by atoms with Gasteiger partial charge in [0.15, 0.2) is 11.6 Å². The van der Waals surface area contributed by atoms with Gasteiger partial charge in [0.05, 0.1) is 31.2 Å². The highest BCUT2D eigenvalue weighted by atomic mass is 19.1. The van der Waals surface area contributed by atoms with Gasteiger partial charge < -0.3 is 20.5 Å². The third kappa shape index (κ3) is 4.00. The first-order valence-corrected chi connectivity index (χ1v) is 7.19. The summed E-state index contributed by atoms with van der Waals surface area (Å²) >= 11 is 0. The van der Waals surface area contributed by atoms with Crippen molar-refractivity contribution in [3.05, 3.63) is 17.9 Å². The summed E-state index contributed by atoms with van der Waals surface area (Å²) in [6.45, 7) is 1.28. The lowest BCUT2D eigenvalue weighted by atomic mass is 9.98. The molecule has 112 valence electrons. The number of halogens is 1. The zero-order chi connectivity index (χ0) is 14.4. The lowest BCUT2D eigenvalue weighted by molar-refractivity contribution is 0.0347. The molecule has 0 unspecified atom stereocenters. The highest BCUT2D eigenvalue weighted by Crippen LogP contribution is 2.27. The van der Waals surface area contributed by atoms with Gasteiger partial charge in [0.2, 0.25) is 0 Å². The lowest BCUT2D eigenvalue weighted by Crippen LogP contribution is -2.20. The maximum atomic E-state index is 13.4. The highest BCUT2D eigenvalue weighted by Gasteiger charge is 2.13. The molecule has 0 atom stereocenters. The van der Waals surface area contributed by atoms with E-state index in [4.69, 9.17) is 15.2 Å². The van der Waals surface area contributed by atoms with Gasteiger partial charge in [0, 0.05) is 18.7 Å². The molecule has 5 heteroatoms. The average Bonchev–Trinajstić information content (AvgIpc) is 2.46. The number of nitrogens with one attached hydrogen (secondary N) is 1. The summed E-state index contributed by atoms with van der Waals surface area (Å²) in [5, 5.41) is 3.16. The van der Waals surface area contributed by atoms with Gasteiger partial charge in [-0.2, -0.15) is 0 Å². The monoisotopic (exact) mass is 282 g/mol.